The number of hydrogen-bond donors (Lipinski definition) is 1. The van der Waals surface area contributed by atoms with E-state index in [0.29, 0.717) is 40.6 Å². The highest BCUT2D eigenvalue weighted by Gasteiger charge is 2.21. The summed E-state index contributed by atoms with van der Waals surface area (Å²) < 4.78 is 13.3. The number of carbonyl (C=O) groups is 1. The first-order chi connectivity index (χ1) is 16.3. The van der Waals surface area contributed by atoms with E-state index < -0.39 is 4.92 Å². The Balaban J connectivity index is 1.70. The average molecular weight is 486 g/mol. The van der Waals surface area contributed by atoms with E-state index in [1.807, 2.05) is 29.7 Å². The van der Waals surface area contributed by atoms with E-state index in [-0.39, 0.29) is 23.5 Å². The SMILES string of the molecule is COc1cccc(OC(C)c2nnc(SCC(=O)Nc3cccc([N+](=O)[O-])c3)n2CC(C)C)c1. The number of benzene rings is 2. The molecule has 0 aliphatic rings. The fourth-order valence-corrected chi connectivity index (χ4v) is 3.95. The molecule has 0 saturated heterocycles. The second-order valence-electron chi connectivity index (χ2n) is 7.93. The van der Waals surface area contributed by atoms with Crippen LogP contribution in [0.3, 0.4) is 0 Å². The fourth-order valence-electron chi connectivity index (χ4n) is 3.20. The third kappa shape index (κ3) is 6.70. The van der Waals surface area contributed by atoms with E-state index in [1.165, 1.54) is 30.0 Å². The molecule has 0 aliphatic heterocycles. The van der Waals surface area contributed by atoms with Gasteiger partial charge in [-0.3, -0.25) is 14.9 Å². The second-order valence-corrected chi connectivity index (χ2v) is 8.87. The van der Waals surface area contributed by atoms with E-state index in [0.717, 1.165) is 0 Å². The summed E-state index contributed by atoms with van der Waals surface area (Å²) in [4.78, 5) is 22.9. The summed E-state index contributed by atoms with van der Waals surface area (Å²) in [5, 5.41) is 22.8. The Morgan fingerprint density at radius 2 is 1.88 bits per heavy atom. The zero-order valence-corrected chi connectivity index (χ0v) is 20.2. The number of nitrogens with one attached hydrogen (secondary N) is 1. The number of carbonyl (C=O) groups excluding carboxylic acids is 1. The average Bonchev–Trinajstić information content (AvgIpc) is 3.19. The number of rotatable bonds is 11. The van der Waals surface area contributed by atoms with Crippen LogP contribution in [0.4, 0.5) is 11.4 Å². The van der Waals surface area contributed by atoms with Gasteiger partial charge in [0, 0.05) is 30.4 Å². The number of anilines is 1. The largest absolute Gasteiger partial charge is 0.497 e. The number of nitrogens with zero attached hydrogens (tertiary/aromatic N) is 4. The highest BCUT2D eigenvalue weighted by molar-refractivity contribution is 7.99. The van der Waals surface area contributed by atoms with Crippen molar-refractivity contribution in [3.8, 4) is 11.5 Å². The minimum Gasteiger partial charge on any atom is -0.497 e. The number of aromatic nitrogens is 3. The first-order valence-electron chi connectivity index (χ1n) is 10.7. The Hall–Kier alpha value is -3.60. The van der Waals surface area contributed by atoms with Crippen LogP contribution >= 0.6 is 11.8 Å². The second kappa shape index (κ2) is 11.5. The predicted molar refractivity (Wildman–Crippen MR) is 129 cm³/mol. The van der Waals surface area contributed by atoms with Crippen LogP contribution < -0.4 is 14.8 Å². The molecule has 3 aromatic rings. The molecule has 11 heteroatoms. The van der Waals surface area contributed by atoms with Crippen molar-refractivity contribution in [2.75, 3.05) is 18.2 Å². The van der Waals surface area contributed by atoms with Crippen molar-refractivity contribution in [1.82, 2.24) is 14.8 Å². The van der Waals surface area contributed by atoms with Gasteiger partial charge in [-0.25, -0.2) is 0 Å². The zero-order valence-electron chi connectivity index (χ0n) is 19.4. The lowest BCUT2D eigenvalue weighted by atomic mass is 10.2. The normalized spacial score (nSPS) is 11.8. The van der Waals surface area contributed by atoms with Crippen molar-refractivity contribution in [1.29, 1.82) is 0 Å². The van der Waals surface area contributed by atoms with Gasteiger partial charge in [0.05, 0.1) is 17.8 Å². The summed E-state index contributed by atoms with van der Waals surface area (Å²) in [7, 11) is 1.60. The first kappa shape index (κ1) is 25.0. The van der Waals surface area contributed by atoms with Crippen LogP contribution in [0.25, 0.3) is 0 Å². The van der Waals surface area contributed by atoms with Gasteiger partial charge < -0.3 is 19.4 Å². The van der Waals surface area contributed by atoms with Crippen molar-refractivity contribution < 1.29 is 19.2 Å². The molecule has 1 unspecified atom stereocenters. The number of nitro benzene ring substituents is 1. The number of methoxy groups -OCH3 is 1. The van der Waals surface area contributed by atoms with Crippen LogP contribution in [-0.2, 0) is 11.3 Å². The van der Waals surface area contributed by atoms with Gasteiger partial charge in [-0.15, -0.1) is 10.2 Å². The standard InChI is InChI=1S/C23H27N5O5S/c1-15(2)13-27-22(16(3)33-20-10-6-9-19(12-20)32-4)25-26-23(27)34-14-21(29)24-17-7-5-8-18(11-17)28(30)31/h5-12,15-16H,13-14H2,1-4H3,(H,24,29). The lowest BCUT2D eigenvalue weighted by Crippen LogP contribution is -2.17. The summed E-state index contributed by atoms with van der Waals surface area (Å²) >= 11 is 1.25. The molecule has 1 heterocycles. The number of thioether (sulfide) groups is 1. The highest BCUT2D eigenvalue weighted by Crippen LogP contribution is 2.27. The van der Waals surface area contributed by atoms with Gasteiger partial charge in [-0.05, 0) is 31.0 Å². The van der Waals surface area contributed by atoms with Crippen molar-refractivity contribution in [3.05, 3.63) is 64.5 Å². The molecule has 2 aromatic carbocycles. The molecule has 0 radical (unpaired) electrons. The summed E-state index contributed by atoms with van der Waals surface area (Å²) in [6.07, 6.45) is -0.383. The molecule has 180 valence electrons. The van der Waals surface area contributed by atoms with Crippen LogP contribution in [-0.4, -0.2) is 38.5 Å². The van der Waals surface area contributed by atoms with Crippen molar-refractivity contribution in [2.24, 2.45) is 5.92 Å². The van der Waals surface area contributed by atoms with Gasteiger partial charge >= 0.3 is 0 Å². The van der Waals surface area contributed by atoms with Gasteiger partial charge in [-0.2, -0.15) is 0 Å². The third-order valence-electron chi connectivity index (χ3n) is 4.68. The Labute approximate surface area is 201 Å². The van der Waals surface area contributed by atoms with Crippen LogP contribution in [0, 0.1) is 16.0 Å². The van der Waals surface area contributed by atoms with Gasteiger partial charge in [0.2, 0.25) is 5.91 Å². The number of hydrogen-bond acceptors (Lipinski definition) is 8. The van der Waals surface area contributed by atoms with Gasteiger partial charge in [0.25, 0.3) is 5.69 Å². The quantitative estimate of drug-likeness (QED) is 0.235. The molecular weight excluding hydrogens is 458 g/mol. The molecular formula is C23H27N5O5S. The van der Waals surface area contributed by atoms with Crippen LogP contribution in [0.2, 0.25) is 0 Å². The van der Waals surface area contributed by atoms with E-state index in [4.69, 9.17) is 9.47 Å². The number of nitro groups is 1. The van der Waals surface area contributed by atoms with Gasteiger partial charge in [-0.1, -0.05) is 37.7 Å². The monoisotopic (exact) mass is 485 g/mol. The number of ether oxygens (including phenoxy) is 2. The molecule has 0 spiro atoms. The minimum absolute atomic E-state index is 0.0735. The summed E-state index contributed by atoms with van der Waals surface area (Å²) in [6.45, 7) is 6.72. The summed E-state index contributed by atoms with van der Waals surface area (Å²) in [5.74, 6) is 2.09. The van der Waals surface area contributed by atoms with E-state index in [2.05, 4.69) is 29.4 Å². The van der Waals surface area contributed by atoms with Crippen molar-refractivity contribution in [2.45, 2.75) is 38.6 Å². The molecule has 0 saturated carbocycles. The molecule has 1 aromatic heterocycles. The number of non-ortho nitro benzene ring substituents is 1. The molecule has 34 heavy (non-hydrogen) atoms. The third-order valence-corrected chi connectivity index (χ3v) is 5.65. The molecule has 1 N–H and O–H groups in total. The predicted octanol–water partition coefficient (Wildman–Crippen LogP) is 4.72. The van der Waals surface area contributed by atoms with Crippen LogP contribution in [0.15, 0.2) is 53.7 Å². The molecule has 0 aliphatic carbocycles. The lowest BCUT2D eigenvalue weighted by molar-refractivity contribution is -0.384. The van der Waals surface area contributed by atoms with Gasteiger partial charge in [0.15, 0.2) is 17.1 Å². The Bertz CT molecular complexity index is 1150. The Morgan fingerprint density at radius 3 is 2.59 bits per heavy atom. The maximum Gasteiger partial charge on any atom is 0.271 e. The molecule has 0 fully saturated rings. The molecule has 0 bridgehead atoms. The maximum absolute atomic E-state index is 12.4. The van der Waals surface area contributed by atoms with E-state index >= 15 is 0 Å². The molecule has 1 amide bonds. The van der Waals surface area contributed by atoms with Gasteiger partial charge in [0.1, 0.15) is 11.5 Å². The summed E-state index contributed by atoms with van der Waals surface area (Å²) in [5.41, 5.74) is 0.279. The van der Waals surface area contributed by atoms with E-state index in [9.17, 15) is 14.9 Å². The zero-order chi connectivity index (χ0) is 24.7. The number of amides is 1. The van der Waals surface area contributed by atoms with Crippen LogP contribution in [0.1, 0.15) is 32.7 Å². The Kier molecular flexibility index (Phi) is 8.47. The fraction of sp³-hybridized carbons (Fsp3) is 0.348. The highest BCUT2D eigenvalue weighted by atomic mass is 32.2. The van der Waals surface area contributed by atoms with E-state index in [1.54, 1.807) is 19.2 Å². The van der Waals surface area contributed by atoms with Crippen LogP contribution in [0.5, 0.6) is 11.5 Å². The lowest BCUT2D eigenvalue weighted by Gasteiger charge is -2.18. The first-order valence-corrected chi connectivity index (χ1v) is 11.7. The Morgan fingerprint density at radius 1 is 1.15 bits per heavy atom. The summed E-state index contributed by atoms with van der Waals surface area (Å²) in [6, 6.07) is 13.1. The van der Waals surface area contributed by atoms with Crippen molar-refractivity contribution in [3.63, 3.8) is 0 Å². The molecule has 10 nitrogen and oxygen atoms in total. The van der Waals surface area contributed by atoms with Crippen molar-refractivity contribution >= 4 is 29.0 Å². The molecule has 1 atom stereocenters. The smallest absolute Gasteiger partial charge is 0.271 e. The minimum atomic E-state index is -0.505. The molecule has 3 rings (SSSR count). The topological polar surface area (TPSA) is 121 Å². The maximum atomic E-state index is 12.4.